The average Bonchev–Trinajstić information content (AvgIpc) is 3.13. The van der Waals surface area contributed by atoms with E-state index >= 15 is 0 Å². The molecule has 7 nitrogen and oxygen atoms in total. The van der Waals surface area contributed by atoms with E-state index in [0.29, 0.717) is 32.0 Å². The van der Waals surface area contributed by atoms with Crippen molar-refractivity contribution in [3.63, 3.8) is 0 Å². The Morgan fingerprint density at radius 2 is 1.82 bits per heavy atom. The first-order valence-corrected chi connectivity index (χ1v) is 12.4. The van der Waals surface area contributed by atoms with Gasteiger partial charge in [-0.1, -0.05) is 18.2 Å². The molecule has 34 heavy (non-hydrogen) atoms. The van der Waals surface area contributed by atoms with Crippen LogP contribution in [0.1, 0.15) is 24.2 Å². The van der Waals surface area contributed by atoms with E-state index in [0.717, 1.165) is 39.4 Å². The van der Waals surface area contributed by atoms with E-state index in [2.05, 4.69) is 10.3 Å². The van der Waals surface area contributed by atoms with Crippen molar-refractivity contribution < 1.29 is 26.4 Å². The standard InChI is InChI=1S/C23H25F3N4O3S/c1-16-28-20-7-2-3-8-21(20)30(16)14-11-27-22(31)17-9-12-29(13-10-17)34(32,33)19-6-4-5-18(15-19)23(24,25)26/h2-8,15,17H,9-14H2,1H3,(H,27,31). The number of imidazole rings is 1. The molecule has 1 aliphatic rings. The molecule has 1 aromatic heterocycles. The molecule has 2 heterocycles. The van der Waals surface area contributed by atoms with Gasteiger partial charge in [0.1, 0.15) is 5.82 Å². The number of carbonyl (C=O) groups is 1. The first kappa shape index (κ1) is 24.2. The number of carbonyl (C=O) groups excluding carboxylic acids is 1. The van der Waals surface area contributed by atoms with E-state index < -0.39 is 26.7 Å². The molecule has 0 spiro atoms. The minimum Gasteiger partial charge on any atom is -0.354 e. The zero-order chi connectivity index (χ0) is 24.5. The van der Waals surface area contributed by atoms with Crippen LogP contribution in [0.15, 0.2) is 53.4 Å². The summed E-state index contributed by atoms with van der Waals surface area (Å²) in [5.74, 6) is 0.343. The van der Waals surface area contributed by atoms with Crippen molar-refractivity contribution in [2.75, 3.05) is 19.6 Å². The highest BCUT2D eigenvalue weighted by atomic mass is 32.2. The average molecular weight is 495 g/mol. The Labute approximate surface area is 195 Å². The summed E-state index contributed by atoms with van der Waals surface area (Å²) in [6, 6.07) is 11.5. The number of halogens is 3. The molecule has 0 atom stereocenters. The van der Waals surface area contributed by atoms with E-state index in [9.17, 15) is 26.4 Å². The van der Waals surface area contributed by atoms with Crippen LogP contribution >= 0.6 is 0 Å². The number of hydrogen-bond donors (Lipinski definition) is 1. The normalized spacial score (nSPS) is 16.1. The lowest BCUT2D eigenvalue weighted by Gasteiger charge is -2.30. The molecule has 0 saturated carbocycles. The molecule has 182 valence electrons. The molecule has 0 unspecified atom stereocenters. The van der Waals surface area contributed by atoms with Gasteiger partial charge in [0, 0.05) is 32.1 Å². The molecule has 0 radical (unpaired) electrons. The molecule has 4 rings (SSSR count). The Hall–Kier alpha value is -2.92. The monoisotopic (exact) mass is 494 g/mol. The summed E-state index contributed by atoms with van der Waals surface area (Å²) in [5, 5.41) is 2.91. The summed E-state index contributed by atoms with van der Waals surface area (Å²) in [6.45, 7) is 3.01. The number of fused-ring (bicyclic) bond motifs is 1. The van der Waals surface area contributed by atoms with E-state index in [1.54, 1.807) is 0 Å². The number of rotatable bonds is 6. The largest absolute Gasteiger partial charge is 0.416 e. The third kappa shape index (κ3) is 4.95. The van der Waals surface area contributed by atoms with Gasteiger partial charge in [0.2, 0.25) is 15.9 Å². The second-order valence-electron chi connectivity index (χ2n) is 8.29. The molecule has 1 saturated heterocycles. The SMILES string of the molecule is Cc1nc2ccccc2n1CCNC(=O)C1CCN(S(=O)(=O)c2cccc(C(F)(F)F)c2)CC1. The number of para-hydroxylation sites is 2. The second-order valence-corrected chi connectivity index (χ2v) is 10.2. The highest BCUT2D eigenvalue weighted by molar-refractivity contribution is 7.89. The molecule has 1 N–H and O–H groups in total. The van der Waals surface area contributed by atoms with Gasteiger partial charge < -0.3 is 9.88 Å². The van der Waals surface area contributed by atoms with Gasteiger partial charge in [-0.25, -0.2) is 13.4 Å². The van der Waals surface area contributed by atoms with Crippen LogP contribution in [0.25, 0.3) is 11.0 Å². The highest BCUT2D eigenvalue weighted by Crippen LogP contribution is 2.32. The fourth-order valence-corrected chi connectivity index (χ4v) is 5.77. The van der Waals surface area contributed by atoms with Gasteiger partial charge in [-0.3, -0.25) is 4.79 Å². The van der Waals surface area contributed by atoms with Crippen LogP contribution in [-0.4, -0.2) is 47.8 Å². The van der Waals surface area contributed by atoms with Crippen molar-refractivity contribution in [2.45, 2.75) is 37.4 Å². The molecular formula is C23H25F3N4O3S. The Kier molecular flexibility index (Phi) is 6.68. The smallest absolute Gasteiger partial charge is 0.354 e. The number of piperidine rings is 1. The van der Waals surface area contributed by atoms with E-state index in [-0.39, 0.29) is 24.9 Å². The Morgan fingerprint density at radius 3 is 2.53 bits per heavy atom. The predicted octanol–water partition coefficient (Wildman–Crippen LogP) is 3.58. The van der Waals surface area contributed by atoms with Crippen molar-refractivity contribution >= 4 is 27.0 Å². The maximum absolute atomic E-state index is 13.0. The number of nitrogens with one attached hydrogen (secondary N) is 1. The van der Waals surface area contributed by atoms with Gasteiger partial charge in [-0.2, -0.15) is 17.5 Å². The summed E-state index contributed by atoms with van der Waals surface area (Å²) in [4.78, 5) is 16.7. The van der Waals surface area contributed by atoms with Crippen molar-refractivity contribution in [2.24, 2.45) is 5.92 Å². The number of aryl methyl sites for hydroxylation is 1. The van der Waals surface area contributed by atoms with E-state index in [1.807, 2.05) is 35.8 Å². The minimum atomic E-state index is -4.63. The zero-order valence-corrected chi connectivity index (χ0v) is 19.4. The fraction of sp³-hybridized carbons (Fsp3) is 0.391. The van der Waals surface area contributed by atoms with Gasteiger partial charge in [0.05, 0.1) is 21.5 Å². The Morgan fingerprint density at radius 1 is 1.12 bits per heavy atom. The van der Waals surface area contributed by atoms with Crippen LogP contribution in [0.2, 0.25) is 0 Å². The molecule has 3 aromatic rings. The quantitative estimate of drug-likeness (QED) is 0.568. The molecule has 11 heteroatoms. The number of amides is 1. The van der Waals surface area contributed by atoms with Crippen LogP contribution in [0.3, 0.4) is 0 Å². The van der Waals surface area contributed by atoms with Gasteiger partial charge in [-0.05, 0) is 50.1 Å². The number of aromatic nitrogens is 2. The van der Waals surface area contributed by atoms with Gasteiger partial charge >= 0.3 is 6.18 Å². The molecule has 1 aliphatic heterocycles. The van der Waals surface area contributed by atoms with Crippen LogP contribution in [0.4, 0.5) is 13.2 Å². The maximum Gasteiger partial charge on any atom is 0.416 e. The summed E-state index contributed by atoms with van der Waals surface area (Å²) in [6.07, 6.45) is -4.02. The highest BCUT2D eigenvalue weighted by Gasteiger charge is 2.35. The first-order chi connectivity index (χ1) is 16.1. The summed E-state index contributed by atoms with van der Waals surface area (Å²) < 4.78 is 67.8. The number of nitrogens with zero attached hydrogens (tertiary/aromatic N) is 3. The lowest BCUT2D eigenvalue weighted by Crippen LogP contribution is -2.43. The Balaban J connectivity index is 1.32. The fourth-order valence-electron chi connectivity index (χ4n) is 4.25. The molecule has 0 aliphatic carbocycles. The second kappa shape index (κ2) is 9.38. The lowest BCUT2D eigenvalue weighted by atomic mass is 9.97. The zero-order valence-electron chi connectivity index (χ0n) is 18.5. The van der Waals surface area contributed by atoms with Crippen LogP contribution in [0.5, 0.6) is 0 Å². The summed E-state index contributed by atoms with van der Waals surface area (Å²) in [5.41, 5.74) is 0.867. The Bertz CT molecular complexity index is 1300. The number of alkyl halides is 3. The minimum absolute atomic E-state index is 0.0714. The van der Waals surface area contributed by atoms with Crippen LogP contribution in [0, 0.1) is 12.8 Å². The lowest BCUT2D eigenvalue weighted by molar-refractivity contribution is -0.137. The molecule has 2 aromatic carbocycles. The predicted molar refractivity (Wildman–Crippen MR) is 120 cm³/mol. The van der Waals surface area contributed by atoms with E-state index in [1.165, 1.54) is 0 Å². The van der Waals surface area contributed by atoms with Crippen LogP contribution < -0.4 is 5.32 Å². The van der Waals surface area contributed by atoms with Crippen molar-refractivity contribution in [1.29, 1.82) is 0 Å². The molecule has 1 amide bonds. The van der Waals surface area contributed by atoms with Gasteiger partial charge in [-0.15, -0.1) is 0 Å². The number of sulfonamides is 1. The number of benzene rings is 2. The molecular weight excluding hydrogens is 469 g/mol. The third-order valence-electron chi connectivity index (χ3n) is 6.10. The van der Waals surface area contributed by atoms with Crippen molar-refractivity contribution in [1.82, 2.24) is 19.2 Å². The molecule has 1 fully saturated rings. The van der Waals surface area contributed by atoms with Gasteiger partial charge in [0.15, 0.2) is 0 Å². The maximum atomic E-state index is 13.0. The van der Waals surface area contributed by atoms with Crippen molar-refractivity contribution in [3.05, 3.63) is 59.9 Å². The summed E-state index contributed by atoms with van der Waals surface area (Å²) in [7, 11) is -4.07. The molecule has 0 bridgehead atoms. The van der Waals surface area contributed by atoms with Crippen LogP contribution in [-0.2, 0) is 27.5 Å². The number of hydrogen-bond acceptors (Lipinski definition) is 4. The topological polar surface area (TPSA) is 84.3 Å². The van der Waals surface area contributed by atoms with Gasteiger partial charge in [0.25, 0.3) is 0 Å². The third-order valence-corrected chi connectivity index (χ3v) is 8.00. The summed E-state index contributed by atoms with van der Waals surface area (Å²) >= 11 is 0. The first-order valence-electron chi connectivity index (χ1n) is 10.9. The van der Waals surface area contributed by atoms with Crippen molar-refractivity contribution in [3.8, 4) is 0 Å². The van der Waals surface area contributed by atoms with E-state index in [4.69, 9.17) is 0 Å².